The molecule has 0 aromatic carbocycles. The zero-order valence-corrected chi connectivity index (χ0v) is 11.4. The summed E-state index contributed by atoms with van der Waals surface area (Å²) in [6.07, 6.45) is 4.98. The topological polar surface area (TPSA) is 96.9 Å². The van der Waals surface area contributed by atoms with Gasteiger partial charge in [-0.2, -0.15) is 0 Å². The van der Waals surface area contributed by atoms with Gasteiger partial charge in [-0.3, -0.25) is 4.79 Å². The molecule has 4 N–H and O–H groups in total. The van der Waals surface area contributed by atoms with Crippen LogP contribution in [-0.4, -0.2) is 35.7 Å². The van der Waals surface area contributed by atoms with Gasteiger partial charge in [-0.15, -0.1) is 0 Å². The molecule has 2 rings (SSSR count). The van der Waals surface area contributed by atoms with Gasteiger partial charge in [-0.1, -0.05) is 18.0 Å². The highest BCUT2D eigenvalue weighted by atomic mass is 16.5. The van der Waals surface area contributed by atoms with E-state index >= 15 is 0 Å². The molecule has 1 amide bonds. The van der Waals surface area contributed by atoms with E-state index in [9.17, 15) is 4.79 Å². The number of nitrogens with one attached hydrogen (secondary N) is 1. The van der Waals surface area contributed by atoms with Crippen LogP contribution in [0.25, 0.3) is 0 Å². The predicted molar refractivity (Wildman–Crippen MR) is 70.9 cm³/mol. The number of carbonyl (C=O) groups is 1. The number of amides is 1. The molecule has 19 heavy (non-hydrogen) atoms. The van der Waals surface area contributed by atoms with Gasteiger partial charge in [-0.25, -0.2) is 0 Å². The van der Waals surface area contributed by atoms with E-state index in [1.54, 1.807) is 0 Å². The monoisotopic (exact) mass is 269 g/mol. The Bertz CT molecular complexity index is 369. The number of carbonyl (C=O) groups excluding carboxylic acids is 1. The van der Waals surface area contributed by atoms with Crippen LogP contribution in [0.15, 0.2) is 5.16 Å². The van der Waals surface area contributed by atoms with Gasteiger partial charge >= 0.3 is 0 Å². The lowest BCUT2D eigenvalue weighted by Gasteiger charge is -2.37. The number of hydrogen-bond acceptors (Lipinski definition) is 4. The summed E-state index contributed by atoms with van der Waals surface area (Å²) >= 11 is 0. The van der Waals surface area contributed by atoms with Gasteiger partial charge in [0.1, 0.15) is 5.41 Å². The van der Waals surface area contributed by atoms with Crippen molar-refractivity contribution in [3.63, 3.8) is 0 Å². The summed E-state index contributed by atoms with van der Waals surface area (Å²) < 4.78 is 5.44. The highest BCUT2D eigenvalue weighted by Crippen LogP contribution is 2.39. The van der Waals surface area contributed by atoms with Crippen molar-refractivity contribution in [2.75, 3.05) is 13.2 Å². The van der Waals surface area contributed by atoms with Gasteiger partial charge < -0.3 is 21.0 Å². The molecule has 108 valence electrons. The normalized spacial score (nSPS) is 31.1. The number of rotatable bonds is 3. The van der Waals surface area contributed by atoms with E-state index in [0.717, 1.165) is 32.3 Å². The van der Waals surface area contributed by atoms with Crippen molar-refractivity contribution in [1.82, 2.24) is 5.32 Å². The van der Waals surface area contributed by atoms with Crippen molar-refractivity contribution in [2.24, 2.45) is 16.3 Å². The molecule has 1 atom stereocenters. The smallest absolute Gasteiger partial charge is 0.234 e. The van der Waals surface area contributed by atoms with E-state index < -0.39 is 5.41 Å². The first-order chi connectivity index (χ1) is 9.02. The maximum absolute atomic E-state index is 12.6. The molecule has 0 aromatic heterocycles. The SMILES string of the molecule is CC1(NC(=O)C2(C(N)=NO)CCCC2)CCCOC1. The zero-order valence-electron chi connectivity index (χ0n) is 11.4. The number of oxime groups is 1. The summed E-state index contributed by atoms with van der Waals surface area (Å²) in [5.41, 5.74) is 4.59. The number of nitrogens with zero attached hydrogens (tertiary/aromatic N) is 1. The third-order valence-electron chi connectivity index (χ3n) is 4.34. The van der Waals surface area contributed by atoms with Crippen LogP contribution in [0.4, 0.5) is 0 Å². The Hall–Kier alpha value is -1.30. The number of ether oxygens (including phenoxy) is 1. The lowest BCUT2D eigenvalue weighted by atomic mass is 9.82. The van der Waals surface area contributed by atoms with Crippen LogP contribution in [0.2, 0.25) is 0 Å². The fourth-order valence-corrected chi connectivity index (χ4v) is 3.10. The first-order valence-corrected chi connectivity index (χ1v) is 6.91. The first-order valence-electron chi connectivity index (χ1n) is 6.91. The minimum absolute atomic E-state index is 0.0304. The summed E-state index contributed by atoms with van der Waals surface area (Å²) in [5, 5.41) is 15.1. The second-order valence-corrected chi connectivity index (χ2v) is 5.95. The molecule has 1 aliphatic carbocycles. The van der Waals surface area contributed by atoms with Crippen LogP contribution in [0.1, 0.15) is 45.4 Å². The fourth-order valence-electron chi connectivity index (χ4n) is 3.10. The first kappa shape index (κ1) is 14.1. The molecule has 1 unspecified atom stereocenters. The second-order valence-electron chi connectivity index (χ2n) is 5.95. The summed E-state index contributed by atoms with van der Waals surface area (Å²) in [4.78, 5) is 12.6. The molecule has 0 aromatic rings. The number of nitrogens with two attached hydrogens (primary N) is 1. The Morgan fingerprint density at radius 1 is 1.32 bits per heavy atom. The van der Waals surface area contributed by atoms with E-state index in [1.807, 2.05) is 6.92 Å². The Morgan fingerprint density at radius 2 is 2.00 bits per heavy atom. The van der Waals surface area contributed by atoms with Crippen molar-refractivity contribution >= 4 is 11.7 Å². The molecule has 6 nitrogen and oxygen atoms in total. The van der Waals surface area contributed by atoms with Crippen molar-refractivity contribution in [1.29, 1.82) is 0 Å². The van der Waals surface area contributed by atoms with E-state index in [4.69, 9.17) is 15.7 Å². The summed E-state index contributed by atoms with van der Waals surface area (Å²) in [6.45, 7) is 3.25. The van der Waals surface area contributed by atoms with Crippen LogP contribution >= 0.6 is 0 Å². The zero-order chi connectivity index (χ0) is 13.9. The maximum atomic E-state index is 12.6. The highest BCUT2D eigenvalue weighted by Gasteiger charge is 2.47. The molecule has 2 aliphatic rings. The average Bonchev–Trinajstić information content (AvgIpc) is 2.88. The van der Waals surface area contributed by atoms with E-state index in [-0.39, 0.29) is 17.3 Å². The molecule has 1 aliphatic heterocycles. The average molecular weight is 269 g/mol. The molecule has 0 spiro atoms. The van der Waals surface area contributed by atoms with Gasteiger partial charge in [0.15, 0.2) is 5.84 Å². The van der Waals surface area contributed by atoms with Gasteiger partial charge in [0, 0.05) is 6.61 Å². The Morgan fingerprint density at radius 3 is 2.53 bits per heavy atom. The summed E-state index contributed by atoms with van der Waals surface area (Å²) in [7, 11) is 0. The molecule has 6 heteroatoms. The van der Waals surface area contributed by atoms with Crippen LogP contribution in [-0.2, 0) is 9.53 Å². The number of hydrogen-bond donors (Lipinski definition) is 3. The lowest BCUT2D eigenvalue weighted by molar-refractivity contribution is -0.131. The molecule has 1 saturated heterocycles. The fraction of sp³-hybridized carbons (Fsp3) is 0.846. The van der Waals surface area contributed by atoms with Gasteiger partial charge in [0.05, 0.1) is 12.1 Å². The standard InChI is InChI=1S/C13H23N3O3/c1-12(5-4-8-19-9-12)15-11(17)13(10(14)16-18)6-2-3-7-13/h18H,2-9H2,1H3,(H2,14,16)(H,15,17). The number of amidine groups is 1. The van der Waals surface area contributed by atoms with Gasteiger partial charge in [0.2, 0.25) is 5.91 Å². The van der Waals surface area contributed by atoms with E-state index in [2.05, 4.69) is 10.5 Å². The second kappa shape index (κ2) is 5.36. The van der Waals surface area contributed by atoms with Crippen molar-refractivity contribution in [3.8, 4) is 0 Å². The van der Waals surface area contributed by atoms with Crippen LogP contribution < -0.4 is 11.1 Å². The van der Waals surface area contributed by atoms with E-state index in [1.165, 1.54) is 0 Å². The third-order valence-corrected chi connectivity index (χ3v) is 4.34. The molecular formula is C13H23N3O3. The van der Waals surface area contributed by atoms with Crippen molar-refractivity contribution in [2.45, 2.75) is 51.0 Å². The minimum atomic E-state index is -0.838. The maximum Gasteiger partial charge on any atom is 0.234 e. The largest absolute Gasteiger partial charge is 0.409 e. The molecule has 0 radical (unpaired) electrons. The Kier molecular flexibility index (Phi) is 3.99. The van der Waals surface area contributed by atoms with Gasteiger partial charge in [0.25, 0.3) is 0 Å². The predicted octanol–water partition coefficient (Wildman–Crippen LogP) is 0.978. The summed E-state index contributed by atoms with van der Waals surface area (Å²) in [6, 6.07) is 0. The quantitative estimate of drug-likeness (QED) is 0.308. The van der Waals surface area contributed by atoms with Crippen molar-refractivity contribution in [3.05, 3.63) is 0 Å². The molecule has 1 heterocycles. The lowest BCUT2D eigenvalue weighted by Crippen LogP contribution is -2.58. The van der Waals surface area contributed by atoms with Crippen LogP contribution in [0.5, 0.6) is 0 Å². The Balaban J connectivity index is 2.12. The minimum Gasteiger partial charge on any atom is -0.409 e. The summed E-state index contributed by atoms with van der Waals surface area (Å²) in [5.74, 6) is -0.101. The van der Waals surface area contributed by atoms with Gasteiger partial charge in [-0.05, 0) is 32.6 Å². The molecule has 1 saturated carbocycles. The molecule has 2 fully saturated rings. The third kappa shape index (κ3) is 2.68. The van der Waals surface area contributed by atoms with E-state index in [0.29, 0.717) is 19.4 Å². The van der Waals surface area contributed by atoms with Crippen LogP contribution in [0.3, 0.4) is 0 Å². The Labute approximate surface area is 113 Å². The molecular weight excluding hydrogens is 246 g/mol. The highest BCUT2D eigenvalue weighted by molar-refractivity contribution is 6.07. The van der Waals surface area contributed by atoms with Crippen molar-refractivity contribution < 1.29 is 14.7 Å². The van der Waals surface area contributed by atoms with Crippen LogP contribution in [0, 0.1) is 5.41 Å². The molecule has 0 bridgehead atoms.